The smallest absolute Gasteiger partial charge is 0.168 e. The van der Waals surface area contributed by atoms with Gasteiger partial charge in [-0.05, 0) is 30.2 Å². The van der Waals surface area contributed by atoms with Crippen LogP contribution in [0.3, 0.4) is 0 Å². The molecule has 2 nitrogen and oxygen atoms in total. The molecule has 0 amide bonds. The molecular formula is C17H16O2. The van der Waals surface area contributed by atoms with Crippen LogP contribution < -0.4 is 0 Å². The molecule has 1 aromatic carbocycles. The molecule has 4 rings (SSSR count). The van der Waals surface area contributed by atoms with Gasteiger partial charge < -0.3 is 0 Å². The highest BCUT2D eigenvalue weighted by Crippen LogP contribution is 2.59. The summed E-state index contributed by atoms with van der Waals surface area (Å²) in [5, 5.41) is 0. The summed E-state index contributed by atoms with van der Waals surface area (Å²) in [5.74, 6) is 0.382. The topological polar surface area (TPSA) is 34.1 Å². The van der Waals surface area contributed by atoms with Gasteiger partial charge in [-0.25, -0.2) is 0 Å². The lowest BCUT2D eigenvalue weighted by Crippen LogP contribution is -2.42. The van der Waals surface area contributed by atoms with Gasteiger partial charge in [-0.3, -0.25) is 9.59 Å². The third kappa shape index (κ3) is 1.17. The Kier molecular flexibility index (Phi) is 1.90. The van der Waals surface area contributed by atoms with Crippen molar-refractivity contribution in [3.05, 3.63) is 47.0 Å². The fourth-order valence-electron chi connectivity index (χ4n) is 4.46. The largest absolute Gasteiger partial charge is 0.294 e. The average Bonchev–Trinajstić information content (AvgIpc) is 2.89. The number of fused-ring (bicyclic) bond motifs is 6. The van der Waals surface area contributed by atoms with Crippen molar-refractivity contribution < 1.29 is 9.59 Å². The molecule has 0 radical (unpaired) electrons. The van der Waals surface area contributed by atoms with Crippen molar-refractivity contribution in [2.24, 2.45) is 23.2 Å². The molecule has 1 aromatic rings. The average molecular weight is 252 g/mol. The second-order valence-electron chi connectivity index (χ2n) is 6.46. The molecular weight excluding hydrogens is 236 g/mol. The van der Waals surface area contributed by atoms with Gasteiger partial charge in [0.15, 0.2) is 11.6 Å². The highest BCUT2D eigenvalue weighted by Gasteiger charge is 2.60. The standard InChI is InChI=1S/C17H16O2/c1-9-4-3-5-11-12(9)16(19)13-10-6-7-17(2,8-10)14(13)15(11)18/h3-7,10,13-14H,8H2,1-2H3. The van der Waals surface area contributed by atoms with Crippen LogP contribution >= 0.6 is 0 Å². The number of rotatable bonds is 0. The van der Waals surface area contributed by atoms with Gasteiger partial charge in [0.1, 0.15) is 0 Å². The van der Waals surface area contributed by atoms with Crippen molar-refractivity contribution >= 4 is 11.6 Å². The first-order valence-electron chi connectivity index (χ1n) is 6.90. The van der Waals surface area contributed by atoms with Gasteiger partial charge in [0.2, 0.25) is 0 Å². The van der Waals surface area contributed by atoms with Crippen LogP contribution in [0.5, 0.6) is 0 Å². The number of carbonyl (C=O) groups is 2. The van der Waals surface area contributed by atoms with Gasteiger partial charge in [0.25, 0.3) is 0 Å². The molecule has 2 heteroatoms. The molecule has 1 saturated carbocycles. The van der Waals surface area contributed by atoms with Crippen LogP contribution in [0.1, 0.15) is 39.6 Å². The van der Waals surface area contributed by atoms with Crippen molar-refractivity contribution in [1.82, 2.24) is 0 Å². The minimum atomic E-state index is -0.135. The van der Waals surface area contributed by atoms with E-state index in [1.165, 1.54) is 0 Å². The summed E-state index contributed by atoms with van der Waals surface area (Å²) in [4.78, 5) is 25.6. The Morgan fingerprint density at radius 1 is 1.21 bits per heavy atom. The lowest BCUT2D eigenvalue weighted by molar-refractivity contribution is 0.0676. The number of carbonyl (C=O) groups excluding carboxylic acids is 2. The summed E-state index contributed by atoms with van der Waals surface area (Å²) in [7, 11) is 0. The number of hydrogen-bond acceptors (Lipinski definition) is 2. The van der Waals surface area contributed by atoms with Crippen LogP contribution in [0.15, 0.2) is 30.4 Å². The van der Waals surface area contributed by atoms with Crippen molar-refractivity contribution in [3.8, 4) is 0 Å². The molecule has 19 heavy (non-hydrogen) atoms. The fraction of sp³-hybridized carbons (Fsp3) is 0.412. The number of aryl methyl sites for hydroxylation is 1. The van der Waals surface area contributed by atoms with Crippen LogP contribution in [0.2, 0.25) is 0 Å². The summed E-state index contributed by atoms with van der Waals surface area (Å²) in [6, 6.07) is 5.62. The minimum absolute atomic E-state index is 0.108. The SMILES string of the molecule is Cc1cccc2c1C(=O)C1C3C=CC(C)(C3)C1C2=O. The first-order valence-corrected chi connectivity index (χ1v) is 6.90. The number of allylic oxidation sites excluding steroid dienone is 2. The van der Waals surface area contributed by atoms with Gasteiger partial charge in [-0.1, -0.05) is 37.3 Å². The first-order chi connectivity index (χ1) is 9.03. The zero-order valence-corrected chi connectivity index (χ0v) is 11.1. The van der Waals surface area contributed by atoms with E-state index in [-0.39, 0.29) is 34.7 Å². The molecule has 0 spiro atoms. The van der Waals surface area contributed by atoms with Crippen LogP contribution in [-0.4, -0.2) is 11.6 Å². The van der Waals surface area contributed by atoms with E-state index in [2.05, 4.69) is 19.1 Å². The Hall–Kier alpha value is -1.70. The van der Waals surface area contributed by atoms with Crippen LogP contribution in [0, 0.1) is 30.1 Å². The van der Waals surface area contributed by atoms with Gasteiger partial charge >= 0.3 is 0 Å². The summed E-state index contributed by atoms with van der Waals surface area (Å²) in [6.07, 6.45) is 5.26. The van der Waals surface area contributed by atoms with Crippen molar-refractivity contribution in [2.45, 2.75) is 20.3 Å². The second kappa shape index (κ2) is 3.24. The quantitative estimate of drug-likeness (QED) is 0.664. The third-order valence-corrected chi connectivity index (χ3v) is 5.30. The van der Waals surface area contributed by atoms with E-state index in [9.17, 15) is 9.59 Å². The molecule has 4 atom stereocenters. The van der Waals surface area contributed by atoms with E-state index < -0.39 is 0 Å². The molecule has 0 N–H and O–H groups in total. The Morgan fingerprint density at radius 3 is 2.79 bits per heavy atom. The summed E-state index contributed by atoms with van der Waals surface area (Å²) < 4.78 is 0. The predicted octanol–water partition coefficient (Wildman–Crippen LogP) is 3.20. The van der Waals surface area contributed by atoms with E-state index in [1.807, 2.05) is 25.1 Å². The summed E-state index contributed by atoms with van der Waals surface area (Å²) in [6.45, 7) is 4.05. The number of benzene rings is 1. The molecule has 4 unspecified atom stereocenters. The van der Waals surface area contributed by atoms with Crippen molar-refractivity contribution in [1.29, 1.82) is 0 Å². The normalized spacial score (nSPS) is 38.5. The molecule has 2 bridgehead atoms. The Balaban J connectivity index is 1.98. The summed E-state index contributed by atoms with van der Waals surface area (Å²) >= 11 is 0. The molecule has 3 aliphatic rings. The Bertz CT molecular complexity index is 655. The van der Waals surface area contributed by atoms with Crippen LogP contribution in [0.4, 0.5) is 0 Å². The Morgan fingerprint density at radius 2 is 2.00 bits per heavy atom. The van der Waals surface area contributed by atoms with E-state index >= 15 is 0 Å². The van der Waals surface area contributed by atoms with E-state index in [4.69, 9.17) is 0 Å². The molecule has 1 fully saturated rings. The van der Waals surface area contributed by atoms with Gasteiger partial charge in [-0.2, -0.15) is 0 Å². The predicted molar refractivity (Wildman–Crippen MR) is 72.2 cm³/mol. The first kappa shape index (κ1) is 11.2. The maximum absolute atomic E-state index is 12.8. The maximum atomic E-state index is 12.8. The van der Waals surface area contributed by atoms with Crippen LogP contribution in [0.25, 0.3) is 0 Å². The molecule has 0 heterocycles. The van der Waals surface area contributed by atoms with Crippen molar-refractivity contribution in [3.63, 3.8) is 0 Å². The van der Waals surface area contributed by atoms with Crippen LogP contribution in [-0.2, 0) is 0 Å². The van der Waals surface area contributed by atoms with E-state index in [0.717, 1.165) is 12.0 Å². The maximum Gasteiger partial charge on any atom is 0.168 e. The van der Waals surface area contributed by atoms with Gasteiger partial charge in [-0.15, -0.1) is 0 Å². The zero-order valence-electron chi connectivity index (χ0n) is 11.1. The molecule has 96 valence electrons. The van der Waals surface area contributed by atoms with Gasteiger partial charge in [0, 0.05) is 23.0 Å². The molecule has 0 aliphatic heterocycles. The minimum Gasteiger partial charge on any atom is -0.294 e. The Labute approximate surface area is 112 Å². The molecule has 3 aliphatic carbocycles. The lowest BCUT2D eigenvalue weighted by atomic mass is 9.64. The number of Topliss-reactive ketones (excluding diaryl/α,β-unsaturated/α-hetero) is 2. The third-order valence-electron chi connectivity index (χ3n) is 5.30. The van der Waals surface area contributed by atoms with Gasteiger partial charge in [0.05, 0.1) is 0 Å². The fourth-order valence-corrected chi connectivity index (χ4v) is 4.46. The van der Waals surface area contributed by atoms with E-state index in [1.54, 1.807) is 0 Å². The lowest BCUT2D eigenvalue weighted by Gasteiger charge is -2.36. The molecule has 0 aromatic heterocycles. The van der Waals surface area contributed by atoms with Crippen molar-refractivity contribution in [2.75, 3.05) is 0 Å². The zero-order chi connectivity index (χ0) is 13.4. The monoisotopic (exact) mass is 252 g/mol. The number of ketones is 2. The van der Waals surface area contributed by atoms with E-state index in [0.29, 0.717) is 11.1 Å². The number of hydrogen-bond donors (Lipinski definition) is 0. The highest BCUT2D eigenvalue weighted by molar-refractivity contribution is 6.17. The highest BCUT2D eigenvalue weighted by atomic mass is 16.1. The second-order valence-corrected chi connectivity index (χ2v) is 6.46. The molecule has 0 saturated heterocycles. The summed E-state index contributed by atoms with van der Waals surface area (Å²) in [5.41, 5.74) is 2.15.